The van der Waals surface area contributed by atoms with Crippen molar-refractivity contribution in [2.45, 2.75) is 6.92 Å². The summed E-state index contributed by atoms with van der Waals surface area (Å²) >= 11 is 5.89. The molecule has 0 radical (unpaired) electrons. The Kier molecular flexibility index (Phi) is 4.22. The summed E-state index contributed by atoms with van der Waals surface area (Å²) < 4.78 is 10.9. The lowest BCUT2D eigenvalue weighted by atomic mass is 10.2. The lowest BCUT2D eigenvalue weighted by molar-refractivity contribution is 0.0526. The van der Waals surface area contributed by atoms with Gasteiger partial charge in [0.1, 0.15) is 5.58 Å². The van der Waals surface area contributed by atoms with Crippen molar-refractivity contribution >= 4 is 28.5 Å². The van der Waals surface area contributed by atoms with Gasteiger partial charge < -0.3 is 9.15 Å². The van der Waals surface area contributed by atoms with Gasteiger partial charge in [-0.1, -0.05) is 11.6 Å². The van der Waals surface area contributed by atoms with Crippen molar-refractivity contribution in [3.05, 3.63) is 74.0 Å². The van der Waals surface area contributed by atoms with Gasteiger partial charge in [0, 0.05) is 5.02 Å². The summed E-state index contributed by atoms with van der Waals surface area (Å²) in [5, 5.41) is 0.550. The summed E-state index contributed by atoms with van der Waals surface area (Å²) in [6, 6.07) is 10.3. The van der Waals surface area contributed by atoms with Crippen LogP contribution in [0.4, 0.5) is 0 Å². The smallest absolute Gasteiger partial charge is 0.426 e. The Morgan fingerprint density at radius 2 is 1.88 bits per heavy atom. The monoisotopic (exact) mass is 345 g/mol. The number of hydrogen-bond donors (Lipinski definition) is 0. The van der Waals surface area contributed by atoms with Crippen molar-refractivity contribution in [1.29, 1.82) is 0 Å². The summed E-state index contributed by atoms with van der Waals surface area (Å²) in [7, 11) is 0. The van der Waals surface area contributed by atoms with Crippen LogP contribution in [0.25, 0.3) is 16.7 Å². The maximum Gasteiger partial charge on any atom is 0.426 e. The lowest BCUT2D eigenvalue weighted by Crippen LogP contribution is -2.30. The highest BCUT2D eigenvalue weighted by molar-refractivity contribution is 6.31. The first-order chi connectivity index (χ1) is 11.5. The number of esters is 1. The summed E-state index contributed by atoms with van der Waals surface area (Å²) in [5.41, 5.74) is 0.215. The predicted molar refractivity (Wildman–Crippen MR) is 89.0 cm³/mol. The third kappa shape index (κ3) is 2.83. The number of fused-ring (bicyclic) bond motifs is 1. The van der Waals surface area contributed by atoms with E-state index in [0.717, 1.165) is 4.57 Å². The maximum absolute atomic E-state index is 12.6. The molecule has 0 bridgehead atoms. The molecule has 0 fully saturated rings. The van der Waals surface area contributed by atoms with Gasteiger partial charge in [0.2, 0.25) is 0 Å². The maximum atomic E-state index is 12.6. The van der Waals surface area contributed by atoms with Crippen molar-refractivity contribution in [2.75, 3.05) is 6.61 Å². The van der Waals surface area contributed by atoms with Crippen molar-refractivity contribution in [3.8, 4) is 5.69 Å². The van der Waals surface area contributed by atoms with Crippen molar-refractivity contribution in [2.24, 2.45) is 0 Å². The van der Waals surface area contributed by atoms with Crippen LogP contribution in [0.1, 0.15) is 17.3 Å². The Morgan fingerprint density at radius 3 is 2.54 bits per heavy atom. The summed E-state index contributed by atoms with van der Waals surface area (Å²) in [6.45, 7) is 1.96. The Balaban J connectivity index is 2.14. The molecular formula is C17H12ClNO5. The molecule has 0 amide bonds. The molecule has 0 unspecified atom stereocenters. The van der Waals surface area contributed by atoms with E-state index in [4.69, 9.17) is 20.8 Å². The van der Waals surface area contributed by atoms with Crippen LogP contribution >= 0.6 is 11.6 Å². The zero-order chi connectivity index (χ0) is 17.3. The second-order valence-corrected chi connectivity index (χ2v) is 5.35. The molecule has 3 aromatic rings. The van der Waals surface area contributed by atoms with Crippen LogP contribution in [0.2, 0.25) is 5.02 Å². The molecule has 0 saturated heterocycles. The first kappa shape index (κ1) is 16.0. The van der Waals surface area contributed by atoms with E-state index >= 15 is 0 Å². The van der Waals surface area contributed by atoms with Crippen LogP contribution < -0.4 is 11.3 Å². The minimum atomic E-state index is -0.821. The minimum Gasteiger partial charge on any atom is -0.462 e. The second-order valence-electron chi connectivity index (χ2n) is 4.92. The van der Waals surface area contributed by atoms with Crippen LogP contribution in [-0.2, 0) is 4.74 Å². The largest absolute Gasteiger partial charge is 0.462 e. The normalized spacial score (nSPS) is 10.8. The molecule has 0 N–H and O–H groups in total. The number of rotatable bonds is 3. The number of carbonyl (C=O) groups is 1. The molecule has 2 aromatic carbocycles. The third-order valence-electron chi connectivity index (χ3n) is 3.39. The van der Waals surface area contributed by atoms with Gasteiger partial charge in [-0.2, -0.15) is 0 Å². The molecule has 7 heteroatoms. The number of hydrogen-bond acceptors (Lipinski definition) is 5. The van der Waals surface area contributed by atoms with E-state index in [1.165, 1.54) is 42.5 Å². The van der Waals surface area contributed by atoms with Crippen molar-refractivity contribution < 1.29 is 13.9 Å². The molecule has 3 rings (SSSR count). The molecule has 6 nitrogen and oxygen atoms in total. The highest BCUT2D eigenvalue weighted by Crippen LogP contribution is 2.16. The SMILES string of the molecule is CCOC(=O)c1ccc(-n2c(=O)oc3ccc(Cl)cc3c2=O)cc1. The molecule has 1 aromatic heterocycles. The fraction of sp³-hybridized carbons (Fsp3) is 0.118. The highest BCUT2D eigenvalue weighted by atomic mass is 35.5. The number of benzene rings is 2. The van der Waals surface area contributed by atoms with E-state index in [0.29, 0.717) is 10.6 Å². The molecular weight excluding hydrogens is 334 g/mol. The summed E-state index contributed by atoms with van der Waals surface area (Å²) in [4.78, 5) is 36.4. The van der Waals surface area contributed by atoms with E-state index in [9.17, 15) is 14.4 Å². The second kappa shape index (κ2) is 6.33. The van der Waals surface area contributed by atoms with Crippen molar-refractivity contribution in [1.82, 2.24) is 4.57 Å². The molecule has 24 heavy (non-hydrogen) atoms. The van der Waals surface area contributed by atoms with Crippen LogP contribution in [0.5, 0.6) is 0 Å². The lowest BCUT2D eigenvalue weighted by Gasteiger charge is -2.07. The molecule has 0 saturated carbocycles. The number of aromatic nitrogens is 1. The van der Waals surface area contributed by atoms with Crippen molar-refractivity contribution in [3.63, 3.8) is 0 Å². The molecule has 0 aliphatic heterocycles. The van der Waals surface area contributed by atoms with Gasteiger partial charge in [-0.05, 0) is 49.4 Å². The van der Waals surface area contributed by atoms with E-state index < -0.39 is 17.3 Å². The van der Waals surface area contributed by atoms with Crippen LogP contribution in [0.3, 0.4) is 0 Å². The summed E-state index contributed by atoms with van der Waals surface area (Å²) in [6.07, 6.45) is 0. The molecule has 0 spiro atoms. The quantitative estimate of drug-likeness (QED) is 0.682. The molecule has 122 valence electrons. The number of halogens is 1. The Labute approximate surface area is 140 Å². The Hall–Kier alpha value is -2.86. The average Bonchev–Trinajstić information content (AvgIpc) is 2.56. The first-order valence-corrected chi connectivity index (χ1v) is 7.52. The van der Waals surface area contributed by atoms with Gasteiger partial charge in [0.25, 0.3) is 5.56 Å². The van der Waals surface area contributed by atoms with E-state index in [1.54, 1.807) is 6.92 Å². The molecule has 0 aliphatic carbocycles. The van der Waals surface area contributed by atoms with Crippen LogP contribution in [0, 0.1) is 0 Å². The fourth-order valence-electron chi connectivity index (χ4n) is 2.29. The minimum absolute atomic E-state index is 0.161. The number of carbonyl (C=O) groups excluding carboxylic acids is 1. The van der Waals surface area contributed by atoms with Gasteiger partial charge in [0.05, 0.1) is 23.2 Å². The van der Waals surface area contributed by atoms with Crippen LogP contribution in [0.15, 0.2) is 56.5 Å². The van der Waals surface area contributed by atoms with Gasteiger partial charge >= 0.3 is 11.7 Å². The zero-order valence-corrected chi connectivity index (χ0v) is 13.4. The Morgan fingerprint density at radius 1 is 1.17 bits per heavy atom. The highest BCUT2D eigenvalue weighted by Gasteiger charge is 2.13. The third-order valence-corrected chi connectivity index (χ3v) is 3.63. The number of nitrogens with zero attached hydrogens (tertiary/aromatic N) is 1. The zero-order valence-electron chi connectivity index (χ0n) is 12.6. The Bertz CT molecular complexity index is 1030. The predicted octanol–water partition coefficient (Wildman–Crippen LogP) is 2.77. The average molecular weight is 346 g/mol. The first-order valence-electron chi connectivity index (χ1n) is 7.14. The summed E-state index contributed by atoms with van der Waals surface area (Å²) in [5.74, 6) is -1.30. The van der Waals surface area contributed by atoms with Gasteiger partial charge in [-0.15, -0.1) is 0 Å². The van der Waals surface area contributed by atoms with Gasteiger partial charge in [-0.3, -0.25) is 4.79 Å². The van der Waals surface area contributed by atoms with E-state index in [2.05, 4.69) is 0 Å². The van der Waals surface area contributed by atoms with E-state index in [-0.39, 0.29) is 23.3 Å². The van der Waals surface area contributed by atoms with Crippen LogP contribution in [-0.4, -0.2) is 17.1 Å². The van der Waals surface area contributed by atoms with Gasteiger partial charge in [0.15, 0.2) is 0 Å². The topological polar surface area (TPSA) is 78.5 Å². The standard InChI is InChI=1S/C17H12ClNO5/c1-2-23-16(21)10-3-6-12(7-4-10)19-15(20)13-9-11(18)5-8-14(13)24-17(19)22/h3-9H,2H2,1H3. The van der Waals surface area contributed by atoms with E-state index in [1.807, 2.05) is 0 Å². The molecule has 0 atom stereocenters. The number of ether oxygens (including phenoxy) is 1. The fourth-order valence-corrected chi connectivity index (χ4v) is 2.46. The molecule has 1 heterocycles. The molecule has 0 aliphatic rings. The van der Waals surface area contributed by atoms with Gasteiger partial charge in [-0.25, -0.2) is 14.2 Å².